The van der Waals surface area contributed by atoms with Crippen molar-refractivity contribution >= 4 is 33.2 Å². The van der Waals surface area contributed by atoms with E-state index < -0.39 is 10.0 Å². The molecule has 2 aromatic carbocycles. The number of carbonyl (C=O) groups is 2. The van der Waals surface area contributed by atoms with Crippen LogP contribution in [0, 0.1) is 0 Å². The van der Waals surface area contributed by atoms with Crippen molar-refractivity contribution < 1.29 is 18.0 Å². The minimum absolute atomic E-state index is 0.0349. The van der Waals surface area contributed by atoms with Crippen molar-refractivity contribution in [2.45, 2.75) is 13.3 Å². The van der Waals surface area contributed by atoms with Crippen LogP contribution in [0.4, 0.5) is 11.4 Å². The van der Waals surface area contributed by atoms with E-state index in [-0.39, 0.29) is 17.6 Å². The second kappa shape index (κ2) is 6.09. The molecule has 0 aliphatic carbocycles. The van der Waals surface area contributed by atoms with E-state index >= 15 is 0 Å². The number of fused-ring (bicyclic) bond motifs is 1. The van der Waals surface area contributed by atoms with Crippen LogP contribution in [0.25, 0.3) is 0 Å². The van der Waals surface area contributed by atoms with Crippen LogP contribution in [0.5, 0.6) is 0 Å². The highest BCUT2D eigenvalue weighted by molar-refractivity contribution is 7.92. The van der Waals surface area contributed by atoms with E-state index in [2.05, 4.69) is 4.72 Å². The number of rotatable bonds is 5. The van der Waals surface area contributed by atoms with Gasteiger partial charge in [-0.25, -0.2) is 13.3 Å². The molecule has 124 valence electrons. The number of hydrogen-bond donors (Lipinski definition) is 1. The standard InChI is InChI=1S/C17H16N2O4S/c1-2-11-24(22,23)18-12-7-9-13(10-8-12)19-16(20)14-5-3-4-6-15(14)17(19)21/h3-10,18H,2,11H2,1H3. The summed E-state index contributed by atoms with van der Waals surface area (Å²) in [6.07, 6.45) is 0.516. The summed E-state index contributed by atoms with van der Waals surface area (Å²) < 4.78 is 26.0. The zero-order valence-corrected chi connectivity index (χ0v) is 13.8. The van der Waals surface area contributed by atoms with E-state index in [1.54, 1.807) is 43.3 Å². The zero-order valence-electron chi connectivity index (χ0n) is 13.0. The smallest absolute Gasteiger partial charge is 0.266 e. The van der Waals surface area contributed by atoms with Crippen LogP contribution >= 0.6 is 0 Å². The Bertz CT molecular complexity index is 869. The zero-order chi connectivity index (χ0) is 17.3. The van der Waals surface area contributed by atoms with Crippen LogP contribution in [0.3, 0.4) is 0 Å². The van der Waals surface area contributed by atoms with Crippen LogP contribution in [0.1, 0.15) is 34.1 Å². The van der Waals surface area contributed by atoms with Gasteiger partial charge >= 0.3 is 0 Å². The molecular weight excluding hydrogens is 328 g/mol. The summed E-state index contributed by atoms with van der Waals surface area (Å²) in [5.41, 5.74) is 1.54. The Kier molecular flexibility index (Phi) is 4.11. The van der Waals surface area contributed by atoms with Crippen LogP contribution < -0.4 is 9.62 Å². The van der Waals surface area contributed by atoms with E-state index in [0.29, 0.717) is 28.9 Å². The first-order valence-electron chi connectivity index (χ1n) is 7.51. The molecule has 1 heterocycles. The Hall–Kier alpha value is -2.67. The highest BCUT2D eigenvalue weighted by atomic mass is 32.2. The van der Waals surface area contributed by atoms with Crippen molar-refractivity contribution in [2.75, 3.05) is 15.4 Å². The van der Waals surface area contributed by atoms with Gasteiger partial charge in [0.25, 0.3) is 11.8 Å². The SMILES string of the molecule is CCCS(=O)(=O)Nc1ccc(N2C(=O)c3ccccc3C2=O)cc1. The maximum absolute atomic E-state index is 12.4. The molecule has 0 saturated carbocycles. The maximum atomic E-state index is 12.4. The summed E-state index contributed by atoms with van der Waals surface area (Å²) in [4.78, 5) is 25.9. The molecule has 1 aliphatic rings. The number of benzene rings is 2. The largest absolute Gasteiger partial charge is 0.284 e. The van der Waals surface area contributed by atoms with Crippen molar-refractivity contribution in [3.8, 4) is 0 Å². The molecule has 1 N–H and O–H groups in total. The first-order valence-corrected chi connectivity index (χ1v) is 9.16. The minimum Gasteiger partial charge on any atom is -0.284 e. The molecule has 1 aliphatic heterocycles. The fourth-order valence-corrected chi connectivity index (χ4v) is 3.74. The molecule has 0 unspecified atom stereocenters. The fourth-order valence-electron chi connectivity index (χ4n) is 2.60. The van der Waals surface area contributed by atoms with E-state index in [0.717, 1.165) is 4.90 Å². The first kappa shape index (κ1) is 16.2. The van der Waals surface area contributed by atoms with Crippen LogP contribution in [-0.2, 0) is 10.0 Å². The van der Waals surface area contributed by atoms with Gasteiger partial charge in [-0.05, 0) is 42.8 Å². The number of sulfonamides is 1. The van der Waals surface area contributed by atoms with E-state index in [4.69, 9.17) is 0 Å². The van der Waals surface area contributed by atoms with Gasteiger partial charge in [-0.15, -0.1) is 0 Å². The predicted octanol–water partition coefficient (Wildman–Crippen LogP) is 2.64. The first-order chi connectivity index (χ1) is 11.4. The fraction of sp³-hybridized carbons (Fsp3) is 0.176. The summed E-state index contributed by atoms with van der Waals surface area (Å²) in [6.45, 7) is 1.78. The van der Waals surface area contributed by atoms with Gasteiger partial charge in [-0.2, -0.15) is 0 Å². The molecule has 24 heavy (non-hydrogen) atoms. The molecule has 6 nitrogen and oxygen atoms in total. The molecule has 0 fully saturated rings. The number of nitrogens with one attached hydrogen (secondary N) is 1. The molecule has 2 amide bonds. The third-order valence-electron chi connectivity index (χ3n) is 3.67. The molecule has 0 atom stereocenters. The maximum Gasteiger partial charge on any atom is 0.266 e. The van der Waals surface area contributed by atoms with Crippen molar-refractivity contribution in [1.82, 2.24) is 0 Å². The van der Waals surface area contributed by atoms with Crippen molar-refractivity contribution in [3.63, 3.8) is 0 Å². The lowest BCUT2D eigenvalue weighted by molar-refractivity contribution is 0.0926. The molecule has 3 rings (SSSR count). The van der Waals surface area contributed by atoms with Crippen LogP contribution in [0.15, 0.2) is 48.5 Å². The third-order valence-corrected chi connectivity index (χ3v) is 5.16. The monoisotopic (exact) mass is 344 g/mol. The Balaban J connectivity index is 1.85. The Morgan fingerprint density at radius 3 is 1.96 bits per heavy atom. The summed E-state index contributed by atoms with van der Waals surface area (Å²) in [5, 5.41) is 0. The van der Waals surface area contributed by atoms with Crippen molar-refractivity contribution in [2.24, 2.45) is 0 Å². The topological polar surface area (TPSA) is 83.6 Å². The van der Waals surface area contributed by atoms with Gasteiger partial charge in [0.2, 0.25) is 10.0 Å². The molecule has 7 heteroatoms. The third kappa shape index (κ3) is 2.90. The summed E-state index contributed by atoms with van der Waals surface area (Å²) in [5.74, 6) is -0.725. The van der Waals surface area contributed by atoms with Crippen molar-refractivity contribution in [3.05, 3.63) is 59.7 Å². The Morgan fingerprint density at radius 1 is 0.917 bits per heavy atom. The van der Waals surface area contributed by atoms with Gasteiger partial charge in [0.15, 0.2) is 0 Å². The van der Waals surface area contributed by atoms with Gasteiger partial charge in [-0.3, -0.25) is 14.3 Å². The summed E-state index contributed by atoms with van der Waals surface area (Å²) in [7, 11) is -3.38. The quantitative estimate of drug-likeness (QED) is 0.845. The molecule has 0 spiro atoms. The molecule has 0 aromatic heterocycles. The second-order valence-corrected chi connectivity index (χ2v) is 7.30. The predicted molar refractivity (Wildman–Crippen MR) is 91.7 cm³/mol. The summed E-state index contributed by atoms with van der Waals surface area (Å²) in [6, 6.07) is 12.8. The summed E-state index contributed by atoms with van der Waals surface area (Å²) >= 11 is 0. The number of anilines is 2. The number of amides is 2. The minimum atomic E-state index is -3.38. The Morgan fingerprint density at radius 2 is 1.46 bits per heavy atom. The van der Waals surface area contributed by atoms with Gasteiger partial charge in [0, 0.05) is 5.69 Å². The lowest BCUT2D eigenvalue weighted by Crippen LogP contribution is -2.29. The highest BCUT2D eigenvalue weighted by Gasteiger charge is 2.36. The van der Waals surface area contributed by atoms with E-state index in [9.17, 15) is 18.0 Å². The van der Waals surface area contributed by atoms with E-state index in [1.165, 1.54) is 12.1 Å². The van der Waals surface area contributed by atoms with Crippen LogP contribution in [-0.4, -0.2) is 26.0 Å². The van der Waals surface area contributed by atoms with Gasteiger partial charge in [0.1, 0.15) is 0 Å². The number of carbonyl (C=O) groups excluding carboxylic acids is 2. The molecular formula is C17H16N2O4S. The van der Waals surface area contributed by atoms with Crippen molar-refractivity contribution in [1.29, 1.82) is 0 Å². The average molecular weight is 344 g/mol. The normalized spacial score (nSPS) is 14.0. The lowest BCUT2D eigenvalue weighted by atomic mass is 10.1. The van der Waals surface area contributed by atoms with Gasteiger partial charge in [-0.1, -0.05) is 19.1 Å². The number of imide groups is 1. The number of hydrogen-bond acceptors (Lipinski definition) is 4. The molecule has 0 saturated heterocycles. The average Bonchev–Trinajstić information content (AvgIpc) is 2.80. The van der Waals surface area contributed by atoms with Gasteiger partial charge in [0.05, 0.1) is 22.6 Å². The molecule has 0 bridgehead atoms. The molecule has 2 aromatic rings. The second-order valence-electron chi connectivity index (χ2n) is 5.46. The molecule has 0 radical (unpaired) electrons. The number of nitrogens with zero attached hydrogens (tertiary/aromatic N) is 1. The Labute approximate surface area is 140 Å². The lowest BCUT2D eigenvalue weighted by Gasteiger charge is -2.15. The van der Waals surface area contributed by atoms with E-state index in [1.807, 2.05) is 0 Å². The van der Waals surface area contributed by atoms with Gasteiger partial charge < -0.3 is 0 Å². The van der Waals surface area contributed by atoms with Crippen LogP contribution in [0.2, 0.25) is 0 Å². The highest BCUT2D eigenvalue weighted by Crippen LogP contribution is 2.29.